The van der Waals surface area contributed by atoms with Crippen LogP contribution in [0.4, 0.5) is 0 Å². The molecule has 0 nitrogen and oxygen atoms in total. The Labute approximate surface area is 93.2 Å². The summed E-state index contributed by atoms with van der Waals surface area (Å²) < 4.78 is 1.19. The first kappa shape index (κ1) is 11.1. The molecule has 0 N–H and O–H groups in total. The van der Waals surface area contributed by atoms with Gasteiger partial charge in [0.15, 0.2) is 0 Å². The van der Waals surface area contributed by atoms with Crippen LogP contribution in [0.5, 0.6) is 0 Å². The number of hydrogen-bond acceptors (Lipinski definition) is 1. The largest absolute Gasteiger partial charge is 0.128 e. The Morgan fingerprint density at radius 3 is 2.31 bits per heavy atom. The summed E-state index contributed by atoms with van der Waals surface area (Å²) in [6.07, 6.45) is 2.10. The molecule has 0 amide bonds. The third kappa shape index (κ3) is 2.75. The molecular weight excluding hydrogens is 244 g/mol. The van der Waals surface area contributed by atoms with E-state index in [4.69, 9.17) is 0 Å². The lowest BCUT2D eigenvalue weighted by atomic mass is 9.87. The molecule has 0 aliphatic carbocycles. The van der Waals surface area contributed by atoms with E-state index in [1.807, 2.05) is 0 Å². The van der Waals surface area contributed by atoms with Gasteiger partial charge < -0.3 is 0 Å². The highest BCUT2D eigenvalue weighted by Gasteiger charge is 2.14. The normalized spacial score (nSPS) is 11.8. The van der Waals surface area contributed by atoms with Gasteiger partial charge in [0.05, 0.1) is 0 Å². The Hall–Kier alpha value is 0.0500. The Bertz CT molecular complexity index is 299. The third-order valence-electron chi connectivity index (χ3n) is 2.02. The fraction of sp³-hybridized carbons (Fsp3) is 0.455. The number of benzene rings is 1. The van der Waals surface area contributed by atoms with Crippen LogP contribution in [0.15, 0.2) is 27.6 Å². The van der Waals surface area contributed by atoms with E-state index in [0.29, 0.717) is 0 Å². The molecule has 0 atom stereocenters. The van der Waals surface area contributed by atoms with Gasteiger partial charge in [0.1, 0.15) is 0 Å². The topological polar surface area (TPSA) is 0 Å². The Morgan fingerprint density at radius 2 is 1.85 bits per heavy atom. The van der Waals surface area contributed by atoms with Crippen LogP contribution < -0.4 is 0 Å². The monoisotopic (exact) mass is 258 g/mol. The Morgan fingerprint density at radius 1 is 1.23 bits per heavy atom. The summed E-state index contributed by atoms with van der Waals surface area (Å²) in [5.74, 6) is 0. The summed E-state index contributed by atoms with van der Waals surface area (Å²) in [5.41, 5.74) is 1.63. The van der Waals surface area contributed by atoms with E-state index in [1.54, 1.807) is 11.8 Å². The second-order valence-electron chi connectivity index (χ2n) is 4.10. The first-order valence-corrected chi connectivity index (χ1v) is 6.31. The summed E-state index contributed by atoms with van der Waals surface area (Å²) in [4.78, 5) is 1.31. The van der Waals surface area contributed by atoms with Gasteiger partial charge in [-0.3, -0.25) is 0 Å². The van der Waals surface area contributed by atoms with Gasteiger partial charge in [-0.2, -0.15) is 0 Å². The average molecular weight is 259 g/mol. The molecule has 0 aliphatic heterocycles. The lowest BCUT2D eigenvalue weighted by molar-refractivity contribution is 0.588. The Balaban J connectivity index is 3.14. The van der Waals surface area contributed by atoms with Crippen LogP contribution in [0.25, 0.3) is 0 Å². The molecular formula is C11H15BrS. The van der Waals surface area contributed by atoms with Crippen molar-refractivity contribution in [1.82, 2.24) is 0 Å². The predicted molar refractivity (Wildman–Crippen MR) is 64.6 cm³/mol. The van der Waals surface area contributed by atoms with Crippen molar-refractivity contribution in [1.29, 1.82) is 0 Å². The van der Waals surface area contributed by atoms with E-state index in [2.05, 4.69) is 61.2 Å². The van der Waals surface area contributed by atoms with Gasteiger partial charge >= 0.3 is 0 Å². The van der Waals surface area contributed by atoms with E-state index in [-0.39, 0.29) is 5.41 Å². The van der Waals surface area contributed by atoms with E-state index >= 15 is 0 Å². The van der Waals surface area contributed by atoms with Crippen molar-refractivity contribution >= 4 is 27.7 Å². The van der Waals surface area contributed by atoms with Gasteiger partial charge in [-0.15, -0.1) is 11.8 Å². The van der Waals surface area contributed by atoms with Crippen LogP contribution in [0.2, 0.25) is 0 Å². The fourth-order valence-corrected chi connectivity index (χ4v) is 2.37. The summed E-state index contributed by atoms with van der Waals surface area (Å²) in [5, 5.41) is 0. The average Bonchev–Trinajstić information content (AvgIpc) is 2.03. The first-order valence-electron chi connectivity index (χ1n) is 4.29. The molecule has 2 heteroatoms. The molecule has 13 heavy (non-hydrogen) atoms. The Kier molecular flexibility index (Phi) is 3.47. The molecule has 1 aromatic carbocycles. The van der Waals surface area contributed by atoms with Gasteiger partial charge in [-0.05, 0) is 45.3 Å². The molecule has 0 heterocycles. The van der Waals surface area contributed by atoms with Gasteiger partial charge in [-0.25, -0.2) is 0 Å². The summed E-state index contributed by atoms with van der Waals surface area (Å²) in [6, 6.07) is 6.57. The predicted octanol–water partition coefficient (Wildman–Crippen LogP) is 4.47. The maximum absolute atomic E-state index is 3.54. The summed E-state index contributed by atoms with van der Waals surface area (Å²) >= 11 is 5.32. The lowest BCUT2D eigenvalue weighted by Gasteiger charge is -2.20. The highest BCUT2D eigenvalue weighted by atomic mass is 79.9. The number of halogens is 1. The third-order valence-corrected chi connectivity index (χ3v) is 3.75. The molecule has 72 valence electrons. The zero-order valence-corrected chi connectivity index (χ0v) is 10.9. The van der Waals surface area contributed by atoms with E-state index in [0.717, 1.165) is 0 Å². The minimum absolute atomic E-state index is 0.241. The summed E-state index contributed by atoms with van der Waals surface area (Å²) in [6.45, 7) is 6.71. The van der Waals surface area contributed by atoms with Crippen LogP contribution in [-0.2, 0) is 5.41 Å². The molecule has 0 radical (unpaired) electrons. The molecule has 0 saturated heterocycles. The minimum atomic E-state index is 0.241. The summed E-state index contributed by atoms with van der Waals surface area (Å²) in [7, 11) is 0. The zero-order valence-electron chi connectivity index (χ0n) is 8.52. The molecule has 0 unspecified atom stereocenters. The van der Waals surface area contributed by atoms with Crippen LogP contribution >= 0.6 is 27.7 Å². The van der Waals surface area contributed by atoms with Gasteiger partial charge in [0.25, 0.3) is 0 Å². The van der Waals surface area contributed by atoms with Crippen LogP contribution in [0.1, 0.15) is 26.3 Å². The first-order chi connectivity index (χ1) is 5.95. The van der Waals surface area contributed by atoms with Crippen molar-refractivity contribution in [2.45, 2.75) is 31.1 Å². The molecule has 1 aromatic rings. The molecule has 0 fully saturated rings. The lowest BCUT2D eigenvalue weighted by Crippen LogP contribution is -2.10. The van der Waals surface area contributed by atoms with Gasteiger partial charge in [0, 0.05) is 9.37 Å². The molecule has 0 saturated carbocycles. The van der Waals surface area contributed by atoms with Crippen molar-refractivity contribution in [3.05, 3.63) is 28.2 Å². The van der Waals surface area contributed by atoms with Crippen LogP contribution in [-0.4, -0.2) is 6.26 Å². The van der Waals surface area contributed by atoms with E-state index in [9.17, 15) is 0 Å². The maximum atomic E-state index is 3.54. The highest BCUT2D eigenvalue weighted by Crippen LogP contribution is 2.31. The molecule has 1 rings (SSSR count). The standard InChI is InChI=1S/C11H15BrS/c1-11(2,3)8-5-6-9(12)10(7-8)13-4/h5-7H,1-4H3. The smallest absolute Gasteiger partial charge is 0.0311 e. The number of thioether (sulfide) groups is 1. The molecule has 0 aliphatic rings. The second kappa shape index (κ2) is 4.05. The van der Waals surface area contributed by atoms with Crippen LogP contribution in [0, 0.1) is 0 Å². The fourth-order valence-electron chi connectivity index (χ4n) is 1.13. The maximum Gasteiger partial charge on any atom is 0.0311 e. The molecule has 0 aromatic heterocycles. The van der Waals surface area contributed by atoms with Crippen molar-refractivity contribution in [2.24, 2.45) is 0 Å². The second-order valence-corrected chi connectivity index (χ2v) is 5.80. The number of hydrogen-bond donors (Lipinski definition) is 0. The number of rotatable bonds is 1. The van der Waals surface area contributed by atoms with Crippen LogP contribution in [0.3, 0.4) is 0 Å². The van der Waals surface area contributed by atoms with E-state index < -0.39 is 0 Å². The van der Waals surface area contributed by atoms with Crippen molar-refractivity contribution in [3.63, 3.8) is 0 Å². The highest BCUT2D eigenvalue weighted by molar-refractivity contribution is 9.10. The molecule has 0 bridgehead atoms. The SMILES string of the molecule is CSc1cc(C(C)(C)C)ccc1Br. The van der Waals surface area contributed by atoms with Gasteiger partial charge in [-0.1, -0.05) is 26.8 Å². The van der Waals surface area contributed by atoms with Gasteiger partial charge in [0.2, 0.25) is 0 Å². The van der Waals surface area contributed by atoms with Crippen molar-refractivity contribution in [3.8, 4) is 0 Å². The van der Waals surface area contributed by atoms with Crippen molar-refractivity contribution < 1.29 is 0 Å². The van der Waals surface area contributed by atoms with E-state index in [1.165, 1.54) is 14.9 Å². The zero-order chi connectivity index (χ0) is 10.1. The minimum Gasteiger partial charge on any atom is -0.128 e. The van der Waals surface area contributed by atoms with Crippen molar-refractivity contribution in [2.75, 3.05) is 6.26 Å². The quantitative estimate of drug-likeness (QED) is 0.670. The molecule has 0 spiro atoms.